The summed E-state index contributed by atoms with van der Waals surface area (Å²) in [5.74, 6) is 0.265. The van der Waals surface area contributed by atoms with Crippen LogP contribution in [0.25, 0.3) is 10.8 Å². The second kappa shape index (κ2) is 5.74. The lowest BCUT2D eigenvalue weighted by Gasteiger charge is -1.93. The smallest absolute Gasteiger partial charge is 0.360 e. The number of rotatable bonds is 4. The summed E-state index contributed by atoms with van der Waals surface area (Å²) in [7, 11) is 1.28. The molecule has 0 saturated heterocycles. The molecule has 0 radical (unpaired) electrons. The van der Waals surface area contributed by atoms with Gasteiger partial charge in [0.2, 0.25) is 5.89 Å². The van der Waals surface area contributed by atoms with Crippen molar-refractivity contribution in [1.82, 2.24) is 25.2 Å². The fraction of sp³-hybridized carbons (Fsp3) is 0.182. The van der Waals surface area contributed by atoms with Gasteiger partial charge in [0.05, 0.1) is 22.0 Å². The maximum absolute atomic E-state index is 11.3. The van der Waals surface area contributed by atoms with E-state index < -0.39 is 5.97 Å². The van der Waals surface area contributed by atoms with E-state index in [1.807, 2.05) is 12.1 Å². The second-order valence-corrected chi connectivity index (χ2v) is 6.36. The Bertz CT molecular complexity index is 780. The van der Waals surface area contributed by atoms with E-state index in [4.69, 9.17) is 4.42 Å². The van der Waals surface area contributed by atoms with Crippen LogP contribution < -0.4 is 0 Å². The monoisotopic (exact) mass is 369 g/mol. The Morgan fingerprint density at radius 2 is 2.29 bits per heavy atom. The van der Waals surface area contributed by atoms with E-state index in [2.05, 4.69) is 41.2 Å². The quantitative estimate of drug-likeness (QED) is 0.648. The summed E-state index contributed by atoms with van der Waals surface area (Å²) < 4.78 is 12.5. The van der Waals surface area contributed by atoms with Gasteiger partial charge in [0.25, 0.3) is 5.89 Å². The zero-order chi connectivity index (χ0) is 14.8. The van der Waals surface area contributed by atoms with Crippen molar-refractivity contribution in [3.63, 3.8) is 0 Å². The molecule has 0 saturated carbocycles. The van der Waals surface area contributed by atoms with Gasteiger partial charge >= 0.3 is 5.97 Å². The molecule has 0 unspecified atom stereocenters. The Balaban J connectivity index is 1.75. The molecular weight excluding hydrogens is 362 g/mol. The van der Waals surface area contributed by atoms with E-state index in [1.165, 1.54) is 29.3 Å². The van der Waals surface area contributed by atoms with Crippen LogP contribution in [0.15, 0.2) is 26.5 Å². The number of ether oxygens (including phenoxy) is 1. The number of aromatic nitrogens is 5. The summed E-state index contributed by atoms with van der Waals surface area (Å²) in [6.45, 7) is 0.226. The third kappa shape index (κ3) is 3.00. The van der Waals surface area contributed by atoms with E-state index >= 15 is 0 Å². The minimum Gasteiger partial charge on any atom is -0.464 e. The fourth-order valence-corrected chi connectivity index (χ4v) is 2.87. The summed E-state index contributed by atoms with van der Waals surface area (Å²) in [4.78, 5) is 12.1. The van der Waals surface area contributed by atoms with E-state index in [-0.39, 0.29) is 12.2 Å². The van der Waals surface area contributed by atoms with Gasteiger partial charge in [0.15, 0.2) is 5.69 Å². The summed E-state index contributed by atoms with van der Waals surface area (Å²) in [5, 5.41) is 15.4. The van der Waals surface area contributed by atoms with Gasteiger partial charge in [-0.2, -0.15) is 0 Å². The first-order chi connectivity index (χ1) is 10.2. The van der Waals surface area contributed by atoms with Crippen molar-refractivity contribution >= 4 is 33.2 Å². The van der Waals surface area contributed by atoms with E-state index in [0.717, 1.165) is 8.66 Å². The van der Waals surface area contributed by atoms with Gasteiger partial charge in [0.1, 0.15) is 6.54 Å². The molecule has 0 aliphatic heterocycles. The van der Waals surface area contributed by atoms with Crippen molar-refractivity contribution in [2.45, 2.75) is 6.54 Å². The van der Waals surface area contributed by atoms with Crippen LogP contribution >= 0.6 is 27.3 Å². The molecule has 0 aliphatic carbocycles. The summed E-state index contributed by atoms with van der Waals surface area (Å²) in [6, 6.07) is 3.79. The van der Waals surface area contributed by atoms with Gasteiger partial charge in [-0.05, 0) is 28.1 Å². The molecule has 0 N–H and O–H groups in total. The molecule has 3 aromatic heterocycles. The first-order valence-corrected chi connectivity index (χ1v) is 7.33. The van der Waals surface area contributed by atoms with Gasteiger partial charge in [-0.1, -0.05) is 5.21 Å². The zero-order valence-electron chi connectivity index (χ0n) is 10.7. The Labute approximate surface area is 130 Å². The predicted octanol–water partition coefficient (Wildman–Crippen LogP) is 1.99. The topological polar surface area (TPSA) is 95.9 Å². The highest BCUT2D eigenvalue weighted by Crippen LogP contribution is 2.30. The lowest BCUT2D eigenvalue weighted by molar-refractivity contribution is 0.0594. The average Bonchev–Trinajstić information content (AvgIpc) is 3.19. The number of esters is 1. The van der Waals surface area contributed by atoms with Crippen LogP contribution in [0, 0.1) is 0 Å². The Kier molecular flexibility index (Phi) is 3.80. The molecule has 0 bridgehead atoms. The maximum atomic E-state index is 11.3. The number of hydrogen-bond acceptors (Lipinski definition) is 8. The third-order valence-corrected chi connectivity index (χ3v) is 4.09. The van der Waals surface area contributed by atoms with Crippen LogP contribution in [0.2, 0.25) is 0 Å². The first kappa shape index (κ1) is 13.9. The minimum atomic E-state index is -0.545. The van der Waals surface area contributed by atoms with Gasteiger partial charge < -0.3 is 9.15 Å². The molecule has 0 atom stereocenters. The van der Waals surface area contributed by atoms with Crippen molar-refractivity contribution in [1.29, 1.82) is 0 Å². The van der Waals surface area contributed by atoms with Crippen LogP contribution in [-0.2, 0) is 11.3 Å². The molecule has 0 amide bonds. The van der Waals surface area contributed by atoms with Crippen LogP contribution in [0.1, 0.15) is 16.4 Å². The molecular formula is C11H8BrN5O3S. The lowest BCUT2D eigenvalue weighted by Crippen LogP contribution is -2.02. The van der Waals surface area contributed by atoms with Crippen molar-refractivity contribution in [2.24, 2.45) is 0 Å². The van der Waals surface area contributed by atoms with Gasteiger partial charge in [-0.25, -0.2) is 9.48 Å². The molecule has 3 aromatic rings. The number of nitrogens with zero attached hydrogens (tertiary/aromatic N) is 5. The molecule has 108 valence electrons. The van der Waals surface area contributed by atoms with Crippen LogP contribution in [0.5, 0.6) is 0 Å². The Morgan fingerprint density at radius 3 is 3.00 bits per heavy atom. The normalized spacial score (nSPS) is 10.8. The number of hydrogen-bond donors (Lipinski definition) is 0. The molecule has 3 rings (SSSR count). The Hall–Kier alpha value is -2.07. The van der Waals surface area contributed by atoms with Gasteiger partial charge in [0, 0.05) is 0 Å². The minimum absolute atomic E-state index is 0.124. The summed E-state index contributed by atoms with van der Waals surface area (Å²) in [5.41, 5.74) is 0.124. The van der Waals surface area contributed by atoms with Crippen LogP contribution in [0.4, 0.5) is 0 Å². The Morgan fingerprint density at radius 1 is 1.43 bits per heavy atom. The molecule has 0 spiro atoms. The van der Waals surface area contributed by atoms with E-state index in [1.54, 1.807) is 0 Å². The summed E-state index contributed by atoms with van der Waals surface area (Å²) in [6.07, 6.45) is 1.46. The van der Waals surface area contributed by atoms with E-state index in [9.17, 15) is 4.79 Å². The lowest BCUT2D eigenvalue weighted by atomic mass is 10.5. The van der Waals surface area contributed by atoms with Crippen molar-refractivity contribution in [2.75, 3.05) is 7.11 Å². The fourth-order valence-electron chi connectivity index (χ4n) is 1.56. The molecule has 0 aromatic carbocycles. The molecule has 8 nitrogen and oxygen atoms in total. The number of halogens is 1. The van der Waals surface area contributed by atoms with Crippen molar-refractivity contribution in [3.05, 3.63) is 33.7 Å². The molecule has 21 heavy (non-hydrogen) atoms. The number of thiophene rings is 1. The van der Waals surface area contributed by atoms with Crippen LogP contribution in [-0.4, -0.2) is 38.3 Å². The van der Waals surface area contributed by atoms with E-state index in [0.29, 0.717) is 11.8 Å². The maximum Gasteiger partial charge on any atom is 0.360 e. The standard InChI is InChI=1S/C11H8BrN5O3S/c1-19-11(18)6-4-17(16-13-6)5-9-14-15-10(20-9)7-2-3-8(12)21-7/h2-4H,5H2,1H3. The largest absolute Gasteiger partial charge is 0.464 e. The average molecular weight is 370 g/mol. The SMILES string of the molecule is COC(=O)c1cn(Cc2nnc(-c3ccc(Br)s3)o2)nn1. The third-order valence-electron chi connectivity index (χ3n) is 2.48. The van der Waals surface area contributed by atoms with Crippen LogP contribution in [0.3, 0.4) is 0 Å². The highest BCUT2D eigenvalue weighted by molar-refractivity contribution is 9.11. The first-order valence-electron chi connectivity index (χ1n) is 5.72. The number of carbonyl (C=O) groups is 1. The number of carbonyl (C=O) groups excluding carboxylic acids is 1. The van der Waals surface area contributed by atoms with Gasteiger partial charge in [-0.15, -0.1) is 26.6 Å². The molecule has 0 fully saturated rings. The van der Waals surface area contributed by atoms with Gasteiger partial charge in [-0.3, -0.25) is 0 Å². The van der Waals surface area contributed by atoms with Crippen molar-refractivity contribution in [3.8, 4) is 10.8 Å². The molecule has 0 aliphatic rings. The molecule has 3 heterocycles. The highest BCUT2D eigenvalue weighted by atomic mass is 79.9. The van der Waals surface area contributed by atoms with Crippen molar-refractivity contribution < 1.29 is 13.9 Å². The summed E-state index contributed by atoms with van der Waals surface area (Å²) >= 11 is 4.87. The molecule has 10 heteroatoms. The predicted molar refractivity (Wildman–Crippen MR) is 75.8 cm³/mol. The second-order valence-electron chi connectivity index (χ2n) is 3.90. The highest BCUT2D eigenvalue weighted by Gasteiger charge is 2.14. The number of methoxy groups -OCH3 is 1. The zero-order valence-corrected chi connectivity index (χ0v) is 13.1.